The third-order valence-electron chi connectivity index (χ3n) is 4.29. The van der Waals surface area contributed by atoms with Crippen LogP contribution in [0.1, 0.15) is 31.5 Å². The second kappa shape index (κ2) is 4.74. The number of hydrogen-bond donors (Lipinski definition) is 1. The van der Waals surface area contributed by atoms with Gasteiger partial charge in [0, 0.05) is 31.1 Å². The van der Waals surface area contributed by atoms with Gasteiger partial charge in [0.05, 0.1) is 0 Å². The SMILES string of the molecule is CNC1CC2CCC(C1)N2CCc1ncon1. The number of nitrogens with zero attached hydrogens (tertiary/aromatic N) is 3. The van der Waals surface area contributed by atoms with Gasteiger partial charge in [0.25, 0.3) is 0 Å². The molecular formula is C12H20N4O. The summed E-state index contributed by atoms with van der Waals surface area (Å²) in [6.45, 7) is 1.07. The normalized spacial score (nSPS) is 33.1. The monoisotopic (exact) mass is 236 g/mol. The molecule has 2 fully saturated rings. The van der Waals surface area contributed by atoms with Crippen LogP contribution in [0.15, 0.2) is 10.9 Å². The van der Waals surface area contributed by atoms with Crippen LogP contribution in [0.2, 0.25) is 0 Å². The zero-order chi connectivity index (χ0) is 11.7. The fourth-order valence-electron chi connectivity index (χ4n) is 3.41. The van der Waals surface area contributed by atoms with Crippen LogP contribution in [0.5, 0.6) is 0 Å². The fraction of sp³-hybridized carbons (Fsp3) is 0.833. The molecule has 94 valence electrons. The van der Waals surface area contributed by atoms with Crippen molar-refractivity contribution in [2.75, 3.05) is 13.6 Å². The van der Waals surface area contributed by atoms with E-state index in [1.165, 1.54) is 32.1 Å². The van der Waals surface area contributed by atoms with E-state index in [0.717, 1.165) is 30.9 Å². The van der Waals surface area contributed by atoms with Crippen molar-refractivity contribution in [3.63, 3.8) is 0 Å². The maximum Gasteiger partial charge on any atom is 0.213 e. The van der Waals surface area contributed by atoms with E-state index in [2.05, 4.69) is 27.4 Å². The molecular weight excluding hydrogens is 216 g/mol. The fourth-order valence-corrected chi connectivity index (χ4v) is 3.41. The maximum absolute atomic E-state index is 4.77. The molecule has 2 bridgehead atoms. The Kier molecular flexibility index (Phi) is 3.11. The summed E-state index contributed by atoms with van der Waals surface area (Å²) in [6, 6.07) is 2.24. The molecule has 2 aliphatic heterocycles. The van der Waals surface area contributed by atoms with Gasteiger partial charge in [-0.15, -0.1) is 0 Å². The van der Waals surface area contributed by atoms with Gasteiger partial charge in [-0.2, -0.15) is 4.98 Å². The topological polar surface area (TPSA) is 54.2 Å². The molecule has 1 aromatic heterocycles. The van der Waals surface area contributed by atoms with Crippen LogP contribution in [0.25, 0.3) is 0 Å². The number of nitrogens with one attached hydrogen (secondary N) is 1. The third-order valence-corrected chi connectivity index (χ3v) is 4.29. The molecule has 2 unspecified atom stereocenters. The average molecular weight is 236 g/mol. The first kappa shape index (κ1) is 11.2. The number of fused-ring (bicyclic) bond motifs is 2. The van der Waals surface area contributed by atoms with Crippen molar-refractivity contribution in [1.29, 1.82) is 0 Å². The molecule has 2 atom stereocenters. The lowest BCUT2D eigenvalue weighted by Crippen LogP contribution is -2.48. The van der Waals surface area contributed by atoms with E-state index in [0.29, 0.717) is 6.04 Å². The van der Waals surface area contributed by atoms with Gasteiger partial charge in [0.2, 0.25) is 6.39 Å². The molecule has 0 spiro atoms. The number of hydrogen-bond acceptors (Lipinski definition) is 5. The predicted octanol–water partition coefficient (Wildman–Crippen LogP) is 0.827. The van der Waals surface area contributed by atoms with Crippen molar-refractivity contribution in [2.24, 2.45) is 0 Å². The van der Waals surface area contributed by atoms with Gasteiger partial charge in [-0.25, -0.2) is 0 Å². The van der Waals surface area contributed by atoms with E-state index in [1.807, 2.05) is 0 Å². The lowest BCUT2D eigenvalue weighted by Gasteiger charge is -2.38. The largest absolute Gasteiger partial charge is 0.343 e. The molecule has 0 saturated carbocycles. The van der Waals surface area contributed by atoms with Gasteiger partial charge < -0.3 is 9.84 Å². The molecule has 17 heavy (non-hydrogen) atoms. The molecule has 0 amide bonds. The first-order chi connectivity index (χ1) is 8.36. The molecule has 1 N–H and O–H groups in total. The van der Waals surface area contributed by atoms with Crippen LogP contribution >= 0.6 is 0 Å². The molecule has 2 saturated heterocycles. The van der Waals surface area contributed by atoms with Crippen LogP contribution in [0, 0.1) is 0 Å². The molecule has 5 nitrogen and oxygen atoms in total. The zero-order valence-electron chi connectivity index (χ0n) is 10.3. The molecule has 0 radical (unpaired) electrons. The average Bonchev–Trinajstić information content (AvgIpc) is 2.93. The van der Waals surface area contributed by atoms with Gasteiger partial charge >= 0.3 is 0 Å². The quantitative estimate of drug-likeness (QED) is 0.839. The first-order valence-corrected chi connectivity index (χ1v) is 6.55. The van der Waals surface area contributed by atoms with E-state index in [-0.39, 0.29) is 0 Å². The van der Waals surface area contributed by atoms with Crippen molar-refractivity contribution in [2.45, 2.75) is 50.2 Å². The van der Waals surface area contributed by atoms with Gasteiger partial charge in [0.15, 0.2) is 5.82 Å². The Morgan fingerprint density at radius 3 is 2.76 bits per heavy atom. The molecule has 0 aliphatic carbocycles. The summed E-state index contributed by atoms with van der Waals surface area (Å²) in [5.41, 5.74) is 0. The highest BCUT2D eigenvalue weighted by atomic mass is 16.5. The van der Waals surface area contributed by atoms with Gasteiger partial charge in [0.1, 0.15) is 0 Å². The summed E-state index contributed by atoms with van der Waals surface area (Å²) in [4.78, 5) is 6.74. The Morgan fingerprint density at radius 2 is 2.18 bits per heavy atom. The molecule has 0 aromatic carbocycles. The first-order valence-electron chi connectivity index (χ1n) is 6.55. The van der Waals surface area contributed by atoms with Gasteiger partial charge in [-0.05, 0) is 32.7 Å². The Morgan fingerprint density at radius 1 is 1.41 bits per heavy atom. The molecule has 3 rings (SSSR count). The van der Waals surface area contributed by atoms with Crippen molar-refractivity contribution in [3.05, 3.63) is 12.2 Å². The second-order valence-corrected chi connectivity index (χ2v) is 5.18. The van der Waals surface area contributed by atoms with E-state index >= 15 is 0 Å². The van der Waals surface area contributed by atoms with Crippen LogP contribution in [0.4, 0.5) is 0 Å². The Bertz CT molecular complexity index is 339. The van der Waals surface area contributed by atoms with E-state index in [4.69, 9.17) is 4.52 Å². The minimum atomic E-state index is 0.717. The van der Waals surface area contributed by atoms with Crippen molar-refractivity contribution >= 4 is 0 Å². The van der Waals surface area contributed by atoms with Crippen LogP contribution in [-0.2, 0) is 6.42 Å². The summed E-state index contributed by atoms with van der Waals surface area (Å²) in [5, 5.41) is 7.31. The highest BCUT2D eigenvalue weighted by molar-refractivity contribution is 4.98. The summed E-state index contributed by atoms with van der Waals surface area (Å²) < 4.78 is 4.77. The summed E-state index contributed by atoms with van der Waals surface area (Å²) in [6.07, 6.45) is 7.62. The summed E-state index contributed by atoms with van der Waals surface area (Å²) in [7, 11) is 2.08. The Balaban J connectivity index is 1.58. The Labute approximate surface area is 102 Å². The number of piperidine rings is 1. The van der Waals surface area contributed by atoms with Crippen molar-refractivity contribution in [3.8, 4) is 0 Å². The highest BCUT2D eigenvalue weighted by Gasteiger charge is 2.39. The van der Waals surface area contributed by atoms with Crippen molar-refractivity contribution in [1.82, 2.24) is 20.4 Å². The van der Waals surface area contributed by atoms with Crippen LogP contribution in [-0.4, -0.2) is 46.8 Å². The molecule has 1 aromatic rings. The lowest BCUT2D eigenvalue weighted by molar-refractivity contribution is 0.120. The standard InChI is InChI=1S/C12H20N4O/c1-13-9-6-10-2-3-11(7-9)16(10)5-4-12-14-8-17-15-12/h8-11,13H,2-7H2,1H3. The number of aromatic nitrogens is 2. The molecule has 5 heteroatoms. The summed E-state index contributed by atoms with van der Waals surface area (Å²) in [5.74, 6) is 0.833. The lowest BCUT2D eigenvalue weighted by atomic mass is 9.97. The second-order valence-electron chi connectivity index (χ2n) is 5.18. The van der Waals surface area contributed by atoms with Gasteiger partial charge in [-0.3, -0.25) is 4.90 Å². The van der Waals surface area contributed by atoms with E-state index in [9.17, 15) is 0 Å². The van der Waals surface area contributed by atoms with Crippen LogP contribution < -0.4 is 5.32 Å². The maximum atomic E-state index is 4.77. The number of rotatable bonds is 4. The van der Waals surface area contributed by atoms with E-state index < -0.39 is 0 Å². The molecule has 2 aliphatic rings. The van der Waals surface area contributed by atoms with Gasteiger partial charge in [-0.1, -0.05) is 5.16 Å². The smallest absolute Gasteiger partial charge is 0.213 e. The Hall–Kier alpha value is -0.940. The minimum absolute atomic E-state index is 0.717. The highest BCUT2D eigenvalue weighted by Crippen LogP contribution is 2.35. The third kappa shape index (κ3) is 2.21. The zero-order valence-corrected chi connectivity index (χ0v) is 10.3. The van der Waals surface area contributed by atoms with E-state index in [1.54, 1.807) is 0 Å². The predicted molar refractivity (Wildman–Crippen MR) is 63.6 cm³/mol. The molecule has 3 heterocycles. The van der Waals surface area contributed by atoms with Crippen LogP contribution in [0.3, 0.4) is 0 Å². The summed E-state index contributed by atoms with van der Waals surface area (Å²) >= 11 is 0. The minimum Gasteiger partial charge on any atom is -0.343 e. The van der Waals surface area contributed by atoms with Crippen molar-refractivity contribution < 1.29 is 4.52 Å².